The molecule has 5 N–H and O–H groups in total. The van der Waals surface area contributed by atoms with Crippen molar-refractivity contribution in [2.45, 2.75) is 67.3 Å². The topological polar surface area (TPSA) is 185 Å². The number of fused-ring (bicyclic) bond motifs is 1. The molecule has 0 amide bonds. The quantitative estimate of drug-likeness (QED) is 0.159. The average Bonchev–Trinajstić information content (AvgIpc) is 3.39. The van der Waals surface area contributed by atoms with Crippen LogP contribution in [-0.2, 0) is 25.7 Å². The third kappa shape index (κ3) is 9.21. The van der Waals surface area contributed by atoms with Crippen molar-refractivity contribution in [3.8, 4) is 5.75 Å². The van der Waals surface area contributed by atoms with E-state index in [1.807, 2.05) is 0 Å². The molecule has 1 fully saturated rings. The zero-order chi connectivity index (χ0) is 32.8. The summed E-state index contributed by atoms with van der Waals surface area (Å²) in [7, 11) is 0. The number of nitrogens with zero attached hydrogens (tertiary/aromatic N) is 3. The summed E-state index contributed by atoms with van der Waals surface area (Å²) in [5.41, 5.74) is -1.23. The number of carbonyl (C=O) groups is 3. The van der Waals surface area contributed by atoms with Crippen LogP contribution < -0.4 is 15.4 Å². The summed E-state index contributed by atoms with van der Waals surface area (Å²) in [5, 5.41) is 40.4. The van der Waals surface area contributed by atoms with E-state index < -0.39 is 48.6 Å². The van der Waals surface area contributed by atoms with Crippen LogP contribution in [0.5, 0.6) is 5.75 Å². The van der Waals surface area contributed by atoms with Gasteiger partial charge in [-0.25, -0.2) is 14.3 Å². The molecule has 0 radical (unpaired) electrons. The predicted octanol–water partition coefficient (Wildman–Crippen LogP) is 3.41. The first-order chi connectivity index (χ1) is 21.2. The molecule has 4 rings (SSSR count). The van der Waals surface area contributed by atoms with E-state index in [1.165, 1.54) is 24.4 Å². The van der Waals surface area contributed by atoms with Crippen LogP contribution in [0.25, 0.3) is 5.65 Å². The van der Waals surface area contributed by atoms with Gasteiger partial charge in [0, 0.05) is 23.3 Å². The fourth-order valence-corrected chi connectivity index (χ4v) is 5.82. The minimum absolute atomic E-state index is 0.0262. The van der Waals surface area contributed by atoms with Gasteiger partial charge >= 0.3 is 24.3 Å². The molecule has 1 aliphatic heterocycles. The van der Waals surface area contributed by atoms with Gasteiger partial charge in [-0.3, -0.25) is 9.59 Å². The van der Waals surface area contributed by atoms with Crippen LogP contribution in [0.4, 0.5) is 18.9 Å². The molecular weight excluding hydrogens is 623 g/mol. The van der Waals surface area contributed by atoms with Crippen LogP contribution in [0, 0.1) is 0 Å². The second-order valence-electron chi connectivity index (χ2n) is 10.6. The third-order valence-corrected chi connectivity index (χ3v) is 8.24. The van der Waals surface area contributed by atoms with E-state index in [2.05, 4.69) is 20.4 Å². The van der Waals surface area contributed by atoms with Crippen molar-refractivity contribution < 1.29 is 52.3 Å². The number of rotatable bonds is 14. The number of carboxylic acid groups (broad SMARTS) is 2. The fourth-order valence-electron chi connectivity index (χ4n) is 4.69. The number of anilines is 1. The summed E-state index contributed by atoms with van der Waals surface area (Å²) < 4.78 is 49.8. The van der Waals surface area contributed by atoms with E-state index in [4.69, 9.17) is 14.9 Å². The highest BCUT2D eigenvalue weighted by molar-refractivity contribution is 7.99. The number of carboxylic acids is 2. The van der Waals surface area contributed by atoms with E-state index in [1.54, 1.807) is 35.3 Å². The molecule has 2 aromatic heterocycles. The Morgan fingerprint density at radius 1 is 1.18 bits per heavy atom. The second kappa shape index (κ2) is 14.3. The molecule has 13 nitrogen and oxygen atoms in total. The molecule has 1 aromatic carbocycles. The number of alkyl halides is 3. The molecule has 2 atom stereocenters. The zero-order valence-corrected chi connectivity index (χ0v) is 24.9. The molecule has 1 aliphatic rings. The van der Waals surface area contributed by atoms with Crippen molar-refractivity contribution >= 4 is 41.0 Å². The van der Waals surface area contributed by atoms with Crippen molar-refractivity contribution in [1.29, 1.82) is 0 Å². The molecule has 1 saturated heterocycles. The minimum atomic E-state index is -4.86. The minimum Gasteiger partial charge on any atom is -0.481 e. The maximum absolute atomic E-state index is 13.0. The number of nitrogens with one attached hydrogen (secondary N) is 2. The number of ether oxygens (including phenoxy) is 2. The number of piperidine rings is 1. The number of aromatic nitrogens is 3. The number of carbonyl (C=O) groups excluding carboxylic acids is 1. The molecule has 45 heavy (non-hydrogen) atoms. The highest BCUT2D eigenvalue weighted by Crippen LogP contribution is 2.33. The van der Waals surface area contributed by atoms with E-state index in [-0.39, 0.29) is 29.7 Å². The summed E-state index contributed by atoms with van der Waals surface area (Å²) >= 11 is 1.55. The zero-order valence-electron chi connectivity index (χ0n) is 24.0. The van der Waals surface area contributed by atoms with Crippen LogP contribution >= 0.6 is 11.8 Å². The van der Waals surface area contributed by atoms with Gasteiger partial charge < -0.3 is 35.4 Å². The first-order valence-corrected chi connectivity index (χ1v) is 14.8. The van der Waals surface area contributed by atoms with Crippen LogP contribution in [0.2, 0.25) is 0 Å². The monoisotopic (exact) mass is 655 g/mol. The fraction of sp³-hybridized carbons (Fsp3) is 0.464. The summed E-state index contributed by atoms with van der Waals surface area (Å²) in [4.78, 5) is 39.2. The SMILES string of the molecule is CC(COC(=O)CC(O)(CC(=O)O)C(=O)O)c1cnc2c(NCc3ccccc3OC(F)(F)F)cc(SC3CCNCC3)nn12. The van der Waals surface area contributed by atoms with E-state index in [0.29, 0.717) is 22.1 Å². The number of para-hydroxylation sites is 1. The highest BCUT2D eigenvalue weighted by Gasteiger charge is 2.41. The Labute approximate surface area is 259 Å². The van der Waals surface area contributed by atoms with E-state index in [0.717, 1.165) is 25.9 Å². The van der Waals surface area contributed by atoms with Gasteiger partial charge in [-0.05, 0) is 38.1 Å². The van der Waals surface area contributed by atoms with Gasteiger partial charge in [-0.2, -0.15) is 5.10 Å². The lowest BCUT2D eigenvalue weighted by atomic mass is 9.96. The normalized spacial score (nSPS) is 16.1. The predicted molar refractivity (Wildman–Crippen MR) is 154 cm³/mol. The Balaban J connectivity index is 1.56. The molecule has 17 heteroatoms. The van der Waals surface area contributed by atoms with Gasteiger partial charge in [-0.15, -0.1) is 24.9 Å². The number of esters is 1. The largest absolute Gasteiger partial charge is 0.573 e. The molecular formula is C28H32F3N5O8S. The molecule has 0 saturated carbocycles. The molecule has 2 unspecified atom stereocenters. The summed E-state index contributed by atoms with van der Waals surface area (Å²) in [5.74, 6) is -5.46. The Kier molecular flexibility index (Phi) is 10.8. The first-order valence-electron chi connectivity index (χ1n) is 13.9. The maximum Gasteiger partial charge on any atom is 0.573 e. The Morgan fingerprint density at radius 3 is 2.56 bits per heavy atom. The second-order valence-corrected chi connectivity index (χ2v) is 11.9. The molecule has 0 aliphatic carbocycles. The molecule has 0 bridgehead atoms. The van der Waals surface area contributed by atoms with Crippen molar-refractivity contribution in [2.24, 2.45) is 0 Å². The average molecular weight is 656 g/mol. The van der Waals surface area contributed by atoms with Gasteiger partial charge in [0.2, 0.25) is 0 Å². The van der Waals surface area contributed by atoms with Gasteiger partial charge in [-0.1, -0.05) is 25.1 Å². The number of imidazole rings is 1. The molecule has 3 aromatic rings. The number of aliphatic carboxylic acids is 2. The highest BCUT2D eigenvalue weighted by atomic mass is 32.2. The third-order valence-electron chi connectivity index (χ3n) is 6.99. The van der Waals surface area contributed by atoms with Gasteiger partial charge in [0.1, 0.15) is 10.8 Å². The number of benzene rings is 1. The van der Waals surface area contributed by atoms with Gasteiger partial charge in [0.15, 0.2) is 11.2 Å². The number of halogens is 3. The molecule has 244 valence electrons. The van der Waals surface area contributed by atoms with Crippen molar-refractivity contribution in [1.82, 2.24) is 19.9 Å². The number of hydrogen-bond acceptors (Lipinski definition) is 11. The standard InChI is InChI=1S/C28H32F3N5O8S/c1-16(15-43-24(39)12-27(42,26(40)41)11-23(37)38)20-14-34-25-19(10-22(35-36(20)25)45-18-6-8-32-9-7-18)33-13-17-4-2-3-5-21(17)44-28(29,30)31/h2-5,10,14,16,18,32-33,42H,6-9,11-13,15H2,1H3,(H,37,38)(H,40,41). The lowest BCUT2D eigenvalue weighted by Crippen LogP contribution is -2.43. The Bertz CT molecular complexity index is 1530. The van der Waals surface area contributed by atoms with Crippen molar-refractivity contribution in [3.63, 3.8) is 0 Å². The number of thioether (sulfide) groups is 1. The van der Waals surface area contributed by atoms with Crippen LogP contribution in [0.15, 0.2) is 41.6 Å². The maximum atomic E-state index is 13.0. The Hall–Kier alpha value is -4.09. The Morgan fingerprint density at radius 2 is 1.89 bits per heavy atom. The van der Waals surface area contributed by atoms with Crippen LogP contribution in [0.1, 0.15) is 49.8 Å². The summed E-state index contributed by atoms with van der Waals surface area (Å²) in [6.07, 6.45) is -3.81. The lowest BCUT2D eigenvalue weighted by molar-refractivity contribution is -0.274. The lowest BCUT2D eigenvalue weighted by Gasteiger charge is -2.22. The van der Waals surface area contributed by atoms with E-state index in [9.17, 15) is 37.8 Å². The van der Waals surface area contributed by atoms with E-state index >= 15 is 0 Å². The van der Waals surface area contributed by atoms with Crippen molar-refractivity contribution in [3.05, 3.63) is 47.8 Å². The summed E-state index contributed by atoms with van der Waals surface area (Å²) in [6.45, 7) is 3.10. The van der Waals surface area contributed by atoms with Crippen molar-refractivity contribution in [2.75, 3.05) is 25.0 Å². The van der Waals surface area contributed by atoms with Gasteiger partial charge in [0.05, 0.1) is 37.0 Å². The molecule has 3 heterocycles. The molecule has 0 spiro atoms. The number of hydrogen-bond donors (Lipinski definition) is 5. The summed E-state index contributed by atoms with van der Waals surface area (Å²) in [6, 6.07) is 7.53. The van der Waals surface area contributed by atoms with Gasteiger partial charge in [0.25, 0.3) is 0 Å². The van der Waals surface area contributed by atoms with Crippen LogP contribution in [0.3, 0.4) is 0 Å². The first kappa shape index (κ1) is 33.8. The van der Waals surface area contributed by atoms with Crippen LogP contribution in [-0.4, -0.2) is 84.7 Å². The smallest absolute Gasteiger partial charge is 0.481 e. The number of aliphatic hydroxyl groups is 1.